The highest BCUT2D eigenvalue weighted by Crippen LogP contribution is 2.09. The first-order valence-corrected chi connectivity index (χ1v) is 5.95. The second-order valence-electron chi connectivity index (χ2n) is 3.70. The molecule has 3 heteroatoms. The first-order chi connectivity index (χ1) is 6.68. The summed E-state index contributed by atoms with van der Waals surface area (Å²) in [4.78, 5) is 11.4. The molecule has 0 amide bonds. The number of rotatable bonds is 6. The van der Waals surface area contributed by atoms with Crippen LogP contribution in [0.5, 0.6) is 0 Å². The van der Waals surface area contributed by atoms with Crippen molar-refractivity contribution in [1.82, 2.24) is 0 Å². The molecule has 0 unspecified atom stereocenters. The van der Waals surface area contributed by atoms with Gasteiger partial charge in [-0.05, 0) is 23.8 Å². The van der Waals surface area contributed by atoms with Crippen LogP contribution in [0.3, 0.4) is 0 Å². The van der Waals surface area contributed by atoms with Gasteiger partial charge in [-0.15, -0.1) is 0 Å². The van der Waals surface area contributed by atoms with Crippen molar-refractivity contribution in [2.45, 2.75) is 20.3 Å². The van der Waals surface area contributed by atoms with E-state index in [-0.39, 0.29) is 5.78 Å². The first kappa shape index (κ1) is 11.4. The molecule has 0 aliphatic heterocycles. The Bertz CT molecular complexity index is 265. The summed E-state index contributed by atoms with van der Waals surface area (Å²) >= 11 is 1.70. The van der Waals surface area contributed by atoms with Gasteiger partial charge in [-0.1, -0.05) is 13.8 Å². The Hall–Kier alpha value is -0.700. The molecule has 1 rings (SSSR count). The highest BCUT2D eigenvalue weighted by Gasteiger charge is 2.06. The Labute approximate surface area is 89.1 Å². The number of carbonyl (C=O) groups is 1. The number of hydrogen-bond donors (Lipinski definition) is 0. The number of furan rings is 1. The molecule has 2 nitrogen and oxygen atoms in total. The number of ketones is 1. The van der Waals surface area contributed by atoms with Crippen molar-refractivity contribution < 1.29 is 9.21 Å². The van der Waals surface area contributed by atoms with Gasteiger partial charge in [0.2, 0.25) is 0 Å². The molecule has 0 saturated carbocycles. The molecule has 0 radical (unpaired) electrons. The van der Waals surface area contributed by atoms with Gasteiger partial charge >= 0.3 is 0 Å². The lowest BCUT2D eigenvalue weighted by Gasteiger charge is -2.02. The zero-order chi connectivity index (χ0) is 10.4. The third-order valence-electron chi connectivity index (χ3n) is 1.67. The highest BCUT2D eigenvalue weighted by atomic mass is 32.2. The van der Waals surface area contributed by atoms with Crippen LogP contribution < -0.4 is 0 Å². The fourth-order valence-corrected chi connectivity index (χ4v) is 1.99. The Kier molecular flexibility index (Phi) is 4.80. The van der Waals surface area contributed by atoms with Gasteiger partial charge in [0.15, 0.2) is 0 Å². The van der Waals surface area contributed by atoms with Crippen molar-refractivity contribution in [3.63, 3.8) is 0 Å². The lowest BCUT2D eigenvalue weighted by atomic mass is 10.2. The van der Waals surface area contributed by atoms with E-state index in [1.54, 1.807) is 18.0 Å². The van der Waals surface area contributed by atoms with Gasteiger partial charge in [-0.3, -0.25) is 4.79 Å². The zero-order valence-electron chi connectivity index (χ0n) is 8.66. The monoisotopic (exact) mass is 212 g/mol. The van der Waals surface area contributed by atoms with Crippen LogP contribution in [-0.4, -0.2) is 17.3 Å². The molecule has 0 aliphatic carbocycles. The topological polar surface area (TPSA) is 30.2 Å². The standard InChI is InChI=1S/C11H16O2S/c1-9(2)7-14-8-10(12)6-11-4-3-5-13-11/h3-5,9H,6-8H2,1-2H3. The van der Waals surface area contributed by atoms with Crippen molar-refractivity contribution in [2.75, 3.05) is 11.5 Å². The molecule has 14 heavy (non-hydrogen) atoms. The molecule has 1 aromatic rings. The fraction of sp³-hybridized carbons (Fsp3) is 0.545. The van der Waals surface area contributed by atoms with Crippen LogP contribution >= 0.6 is 11.8 Å². The quantitative estimate of drug-likeness (QED) is 0.726. The highest BCUT2D eigenvalue weighted by molar-refractivity contribution is 7.99. The Balaban J connectivity index is 2.17. The first-order valence-electron chi connectivity index (χ1n) is 4.80. The molecule has 1 heterocycles. The van der Waals surface area contributed by atoms with E-state index in [1.807, 2.05) is 12.1 Å². The zero-order valence-corrected chi connectivity index (χ0v) is 9.47. The van der Waals surface area contributed by atoms with Crippen LogP contribution in [0.4, 0.5) is 0 Å². The van der Waals surface area contributed by atoms with E-state index in [0.717, 1.165) is 11.5 Å². The maximum Gasteiger partial charge on any atom is 0.150 e. The second kappa shape index (κ2) is 5.91. The maximum absolute atomic E-state index is 11.4. The molecule has 0 aliphatic rings. The third kappa shape index (κ3) is 4.51. The summed E-state index contributed by atoms with van der Waals surface area (Å²) in [5.74, 6) is 3.30. The fourth-order valence-electron chi connectivity index (χ4n) is 1.07. The lowest BCUT2D eigenvalue weighted by molar-refractivity contribution is -0.116. The predicted molar refractivity (Wildman–Crippen MR) is 59.6 cm³/mol. The van der Waals surface area contributed by atoms with E-state index >= 15 is 0 Å². The molecule has 0 atom stereocenters. The molecule has 0 aromatic carbocycles. The van der Waals surface area contributed by atoms with Gasteiger partial charge in [-0.2, -0.15) is 11.8 Å². The van der Waals surface area contributed by atoms with E-state index in [2.05, 4.69) is 13.8 Å². The van der Waals surface area contributed by atoms with Gasteiger partial charge in [0.25, 0.3) is 0 Å². The normalized spacial score (nSPS) is 10.8. The van der Waals surface area contributed by atoms with Crippen LogP contribution in [0, 0.1) is 5.92 Å². The molecular formula is C11H16O2S. The molecule has 0 spiro atoms. The lowest BCUT2D eigenvalue weighted by Crippen LogP contribution is -2.06. The van der Waals surface area contributed by atoms with E-state index < -0.39 is 0 Å². The van der Waals surface area contributed by atoms with Crippen molar-refractivity contribution in [2.24, 2.45) is 5.92 Å². The molecule has 0 N–H and O–H groups in total. The number of Topliss-reactive ketones (excluding diaryl/α,β-unsaturated/α-hetero) is 1. The molecule has 0 saturated heterocycles. The van der Waals surface area contributed by atoms with Gasteiger partial charge < -0.3 is 4.42 Å². The van der Waals surface area contributed by atoms with Gasteiger partial charge in [0, 0.05) is 0 Å². The average Bonchev–Trinajstić information content (AvgIpc) is 2.56. The number of thioether (sulfide) groups is 1. The Morgan fingerprint density at radius 2 is 2.36 bits per heavy atom. The summed E-state index contributed by atoms with van der Waals surface area (Å²) in [6, 6.07) is 3.65. The van der Waals surface area contributed by atoms with E-state index in [4.69, 9.17) is 4.42 Å². The van der Waals surface area contributed by atoms with E-state index in [9.17, 15) is 4.79 Å². The number of carbonyl (C=O) groups excluding carboxylic acids is 1. The smallest absolute Gasteiger partial charge is 0.150 e. The maximum atomic E-state index is 11.4. The van der Waals surface area contributed by atoms with Gasteiger partial charge in [0.1, 0.15) is 11.5 Å². The van der Waals surface area contributed by atoms with Crippen LogP contribution in [0.1, 0.15) is 19.6 Å². The summed E-state index contributed by atoms with van der Waals surface area (Å²) in [6.07, 6.45) is 2.03. The third-order valence-corrected chi connectivity index (χ3v) is 3.09. The van der Waals surface area contributed by atoms with Crippen molar-refractivity contribution in [3.05, 3.63) is 24.2 Å². The minimum Gasteiger partial charge on any atom is -0.469 e. The van der Waals surface area contributed by atoms with Crippen molar-refractivity contribution in [1.29, 1.82) is 0 Å². The summed E-state index contributed by atoms with van der Waals surface area (Å²) in [5, 5.41) is 0. The molecule has 0 bridgehead atoms. The Morgan fingerprint density at radius 3 is 2.93 bits per heavy atom. The van der Waals surface area contributed by atoms with Crippen molar-refractivity contribution in [3.8, 4) is 0 Å². The predicted octanol–water partition coefficient (Wildman–Crippen LogP) is 2.78. The second-order valence-corrected chi connectivity index (χ2v) is 4.73. The van der Waals surface area contributed by atoms with Crippen LogP contribution in [0.25, 0.3) is 0 Å². The van der Waals surface area contributed by atoms with E-state index in [1.165, 1.54) is 0 Å². The summed E-state index contributed by atoms with van der Waals surface area (Å²) in [5.41, 5.74) is 0. The van der Waals surface area contributed by atoms with Gasteiger partial charge in [-0.25, -0.2) is 0 Å². The summed E-state index contributed by atoms with van der Waals surface area (Å²) in [7, 11) is 0. The Morgan fingerprint density at radius 1 is 1.57 bits per heavy atom. The van der Waals surface area contributed by atoms with Crippen molar-refractivity contribution >= 4 is 17.5 Å². The van der Waals surface area contributed by atoms with E-state index in [0.29, 0.717) is 18.1 Å². The summed E-state index contributed by atoms with van der Waals surface area (Å²) < 4.78 is 5.10. The summed E-state index contributed by atoms with van der Waals surface area (Å²) in [6.45, 7) is 4.31. The number of hydrogen-bond acceptors (Lipinski definition) is 3. The van der Waals surface area contributed by atoms with Crippen LogP contribution in [0.15, 0.2) is 22.8 Å². The minimum absolute atomic E-state index is 0.241. The molecule has 1 aromatic heterocycles. The average molecular weight is 212 g/mol. The van der Waals surface area contributed by atoms with Crippen LogP contribution in [0.2, 0.25) is 0 Å². The minimum atomic E-state index is 0.241. The SMILES string of the molecule is CC(C)CSCC(=O)Cc1ccco1. The molecule has 0 fully saturated rings. The molecule has 78 valence electrons. The molecular weight excluding hydrogens is 196 g/mol. The van der Waals surface area contributed by atoms with Gasteiger partial charge in [0.05, 0.1) is 18.4 Å². The van der Waals surface area contributed by atoms with Crippen LogP contribution in [-0.2, 0) is 11.2 Å². The largest absolute Gasteiger partial charge is 0.469 e.